The number of carbonyl (C=O) groups is 1. The lowest BCUT2D eigenvalue weighted by molar-refractivity contribution is 0.196. The maximum atomic E-state index is 12.0. The van der Waals surface area contributed by atoms with E-state index >= 15 is 0 Å². The molecular weight excluding hydrogens is 266 g/mol. The van der Waals surface area contributed by atoms with Crippen LogP contribution in [0.25, 0.3) is 0 Å². The highest BCUT2D eigenvalue weighted by Crippen LogP contribution is 2.24. The van der Waals surface area contributed by atoms with E-state index in [2.05, 4.69) is 43.5 Å². The number of urea groups is 1. The van der Waals surface area contributed by atoms with Crippen LogP contribution < -0.4 is 10.6 Å². The monoisotopic (exact) mass is 299 g/mol. The van der Waals surface area contributed by atoms with Gasteiger partial charge in [-0.15, -0.1) is 0 Å². The van der Waals surface area contributed by atoms with E-state index in [0.717, 1.165) is 31.7 Å². The molecule has 0 aliphatic heterocycles. The Morgan fingerprint density at radius 1 is 1.24 bits per heavy atom. The second-order valence-electron chi connectivity index (χ2n) is 7.11. The van der Waals surface area contributed by atoms with Crippen molar-refractivity contribution in [2.45, 2.75) is 58.0 Å². The van der Waals surface area contributed by atoms with Crippen LogP contribution in [0.4, 0.5) is 4.79 Å². The Morgan fingerprint density at radius 2 is 1.86 bits per heavy atom. The Balaban J connectivity index is 2.26. The van der Waals surface area contributed by atoms with Crippen molar-refractivity contribution >= 4 is 6.03 Å². The van der Waals surface area contributed by atoms with Crippen LogP contribution in [0.3, 0.4) is 0 Å². The zero-order valence-electron chi connectivity index (χ0n) is 14.1. The molecule has 0 saturated heterocycles. The van der Waals surface area contributed by atoms with Gasteiger partial charge >= 0.3 is 6.03 Å². The lowest BCUT2D eigenvalue weighted by Gasteiger charge is -2.31. The summed E-state index contributed by atoms with van der Waals surface area (Å²) in [6.45, 7) is 5.32. The van der Waals surface area contributed by atoms with E-state index in [9.17, 15) is 9.90 Å². The van der Waals surface area contributed by atoms with Crippen molar-refractivity contribution in [2.75, 3.05) is 27.2 Å². The third kappa shape index (κ3) is 7.67. The Morgan fingerprint density at radius 3 is 2.33 bits per heavy atom. The minimum atomic E-state index is -0.143. The first-order chi connectivity index (χ1) is 9.90. The second-order valence-corrected chi connectivity index (χ2v) is 7.11. The molecule has 5 heteroatoms. The molecule has 1 aliphatic carbocycles. The predicted octanol–water partition coefficient (Wildman–Crippen LogP) is 1.81. The van der Waals surface area contributed by atoms with Crippen LogP contribution >= 0.6 is 0 Å². The molecule has 2 amide bonds. The molecule has 5 nitrogen and oxygen atoms in total. The van der Waals surface area contributed by atoms with Crippen molar-refractivity contribution in [2.24, 2.45) is 11.8 Å². The van der Waals surface area contributed by atoms with Gasteiger partial charge in [0, 0.05) is 12.6 Å². The van der Waals surface area contributed by atoms with Crippen molar-refractivity contribution in [3.8, 4) is 0 Å². The van der Waals surface area contributed by atoms with E-state index in [4.69, 9.17) is 0 Å². The van der Waals surface area contributed by atoms with Crippen LogP contribution in [-0.2, 0) is 0 Å². The zero-order chi connectivity index (χ0) is 15.8. The minimum Gasteiger partial charge on any atom is -0.394 e. The van der Waals surface area contributed by atoms with E-state index in [1.54, 1.807) is 0 Å². The lowest BCUT2D eigenvalue weighted by Crippen LogP contribution is -2.48. The van der Waals surface area contributed by atoms with Crippen LogP contribution in [0, 0.1) is 11.8 Å². The van der Waals surface area contributed by atoms with E-state index < -0.39 is 0 Å². The van der Waals surface area contributed by atoms with Gasteiger partial charge in [0.15, 0.2) is 0 Å². The standard InChI is InChI=1S/C16H33N3O2/c1-12(2)9-15(11-20)18-16(21)17-14-7-5-13(6-8-14)10-19(3)4/h12-15,20H,5-11H2,1-4H3,(H2,17,18,21). The highest BCUT2D eigenvalue weighted by Gasteiger charge is 2.23. The van der Waals surface area contributed by atoms with Gasteiger partial charge in [-0.25, -0.2) is 4.79 Å². The molecule has 1 saturated carbocycles. The van der Waals surface area contributed by atoms with E-state index in [1.807, 2.05) is 0 Å². The Hall–Kier alpha value is -0.810. The van der Waals surface area contributed by atoms with Crippen LogP contribution in [0.2, 0.25) is 0 Å². The van der Waals surface area contributed by atoms with Crippen molar-refractivity contribution in [1.29, 1.82) is 0 Å². The van der Waals surface area contributed by atoms with Gasteiger partial charge < -0.3 is 20.6 Å². The summed E-state index contributed by atoms with van der Waals surface area (Å²) < 4.78 is 0. The highest BCUT2D eigenvalue weighted by molar-refractivity contribution is 5.74. The van der Waals surface area contributed by atoms with Gasteiger partial charge in [-0.1, -0.05) is 13.8 Å². The van der Waals surface area contributed by atoms with Crippen LogP contribution in [-0.4, -0.2) is 55.4 Å². The molecule has 3 N–H and O–H groups in total. The topological polar surface area (TPSA) is 64.6 Å². The second kappa shape index (κ2) is 9.26. The Kier molecular flexibility index (Phi) is 8.04. The van der Waals surface area contributed by atoms with Crippen molar-refractivity contribution in [1.82, 2.24) is 15.5 Å². The van der Waals surface area contributed by atoms with E-state index in [0.29, 0.717) is 5.92 Å². The molecule has 0 aromatic carbocycles. The first-order valence-electron chi connectivity index (χ1n) is 8.23. The summed E-state index contributed by atoms with van der Waals surface area (Å²) in [6.07, 6.45) is 5.27. The van der Waals surface area contributed by atoms with Gasteiger partial charge in [-0.3, -0.25) is 0 Å². The van der Waals surface area contributed by atoms with Gasteiger partial charge in [0.25, 0.3) is 0 Å². The maximum absolute atomic E-state index is 12.0. The average Bonchev–Trinajstić information content (AvgIpc) is 2.39. The molecule has 1 atom stereocenters. The van der Waals surface area contributed by atoms with E-state index in [1.165, 1.54) is 12.8 Å². The summed E-state index contributed by atoms with van der Waals surface area (Å²) in [5, 5.41) is 15.2. The minimum absolute atomic E-state index is 0.00117. The third-order valence-corrected chi connectivity index (χ3v) is 4.12. The third-order valence-electron chi connectivity index (χ3n) is 4.12. The number of aliphatic hydroxyl groups excluding tert-OH is 1. The molecule has 0 heterocycles. The smallest absolute Gasteiger partial charge is 0.315 e. The van der Waals surface area contributed by atoms with Gasteiger partial charge in [0.2, 0.25) is 0 Å². The van der Waals surface area contributed by atoms with Crippen molar-refractivity contribution in [3.05, 3.63) is 0 Å². The van der Waals surface area contributed by atoms with Gasteiger partial charge in [0.05, 0.1) is 12.6 Å². The van der Waals surface area contributed by atoms with Gasteiger partial charge in [0.1, 0.15) is 0 Å². The molecular formula is C16H33N3O2. The number of rotatable bonds is 7. The number of hydrogen-bond acceptors (Lipinski definition) is 3. The van der Waals surface area contributed by atoms with Gasteiger partial charge in [-0.2, -0.15) is 0 Å². The summed E-state index contributed by atoms with van der Waals surface area (Å²) in [5.41, 5.74) is 0. The number of hydrogen-bond donors (Lipinski definition) is 3. The molecule has 0 aromatic rings. The number of nitrogens with zero attached hydrogens (tertiary/aromatic N) is 1. The molecule has 0 bridgehead atoms. The summed E-state index contributed by atoms with van der Waals surface area (Å²) in [5.74, 6) is 1.22. The fourth-order valence-electron chi connectivity index (χ4n) is 3.17. The van der Waals surface area contributed by atoms with Gasteiger partial charge in [-0.05, 0) is 58.0 Å². The first kappa shape index (κ1) is 18.2. The Labute approximate surface area is 129 Å². The summed E-state index contributed by atoms with van der Waals surface area (Å²) in [4.78, 5) is 14.2. The molecule has 1 rings (SSSR count). The normalized spacial score (nSPS) is 24.1. The molecule has 1 fully saturated rings. The summed E-state index contributed by atoms with van der Waals surface area (Å²) >= 11 is 0. The van der Waals surface area contributed by atoms with Crippen molar-refractivity contribution in [3.63, 3.8) is 0 Å². The predicted molar refractivity (Wildman–Crippen MR) is 86.3 cm³/mol. The van der Waals surface area contributed by atoms with Crippen LogP contribution in [0.15, 0.2) is 0 Å². The fraction of sp³-hybridized carbons (Fsp3) is 0.938. The molecule has 1 aliphatic rings. The largest absolute Gasteiger partial charge is 0.394 e. The maximum Gasteiger partial charge on any atom is 0.315 e. The molecule has 21 heavy (non-hydrogen) atoms. The van der Waals surface area contributed by atoms with E-state index in [-0.39, 0.29) is 24.7 Å². The molecule has 124 valence electrons. The lowest BCUT2D eigenvalue weighted by atomic mass is 9.86. The highest BCUT2D eigenvalue weighted by atomic mass is 16.3. The first-order valence-corrected chi connectivity index (χ1v) is 8.23. The number of aliphatic hydroxyl groups is 1. The molecule has 1 unspecified atom stereocenters. The number of nitrogens with one attached hydrogen (secondary N) is 2. The summed E-state index contributed by atoms with van der Waals surface area (Å²) in [6, 6.07) is 0.00245. The SMILES string of the molecule is CC(C)CC(CO)NC(=O)NC1CCC(CN(C)C)CC1. The zero-order valence-corrected chi connectivity index (χ0v) is 14.1. The number of amides is 2. The molecule has 0 radical (unpaired) electrons. The Bertz CT molecular complexity index is 300. The quantitative estimate of drug-likeness (QED) is 0.672. The van der Waals surface area contributed by atoms with Crippen LogP contribution in [0.1, 0.15) is 46.0 Å². The number of carbonyl (C=O) groups excluding carboxylic acids is 1. The van der Waals surface area contributed by atoms with Crippen molar-refractivity contribution < 1.29 is 9.90 Å². The van der Waals surface area contributed by atoms with Crippen LogP contribution in [0.5, 0.6) is 0 Å². The molecule has 0 aromatic heterocycles. The molecule has 0 spiro atoms. The average molecular weight is 299 g/mol. The fourth-order valence-corrected chi connectivity index (χ4v) is 3.17. The summed E-state index contributed by atoms with van der Waals surface area (Å²) in [7, 11) is 4.23.